The van der Waals surface area contributed by atoms with Crippen LogP contribution in [-0.4, -0.2) is 42.2 Å². The highest BCUT2D eigenvalue weighted by Gasteiger charge is 2.44. The van der Waals surface area contributed by atoms with E-state index in [4.69, 9.17) is 25.7 Å². The molecule has 1 saturated heterocycles. The molecule has 2 aliphatic heterocycles. The van der Waals surface area contributed by atoms with Gasteiger partial charge in [0.2, 0.25) is 5.89 Å². The second-order valence-electron chi connectivity index (χ2n) is 8.50. The average molecular weight is 419 g/mol. The van der Waals surface area contributed by atoms with Crippen LogP contribution in [0.15, 0.2) is 10.5 Å². The predicted molar refractivity (Wildman–Crippen MR) is 111 cm³/mol. The summed E-state index contributed by atoms with van der Waals surface area (Å²) in [5.41, 5.74) is 2.73. The highest BCUT2D eigenvalue weighted by atomic mass is 35.5. The summed E-state index contributed by atoms with van der Waals surface area (Å²) in [7, 11) is 1.78. The molecule has 1 spiro atoms. The lowest BCUT2D eigenvalue weighted by molar-refractivity contribution is 0.0366. The molecular formula is C21H27ClN4O3. The minimum Gasteiger partial charge on any atom is -0.439 e. The number of ether oxygens (including phenoxy) is 1. The van der Waals surface area contributed by atoms with Gasteiger partial charge in [0, 0.05) is 25.8 Å². The van der Waals surface area contributed by atoms with Gasteiger partial charge in [-0.3, -0.25) is 4.90 Å². The van der Waals surface area contributed by atoms with Crippen molar-refractivity contribution in [2.75, 3.05) is 25.5 Å². The number of nitrogens with zero attached hydrogens (tertiary/aromatic N) is 2. The molecular weight excluding hydrogens is 392 g/mol. The maximum atomic E-state index is 12.4. The van der Waals surface area contributed by atoms with Crippen LogP contribution in [0.3, 0.4) is 0 Å². The van der Waals surface area contributed by atoms with Crippen molar-refractivity contribution in [1.29, 1.82) is 0 Å². The van der Waals surface area contributed by atoms with Gasteiger partial charge in [-0.1, -0.05) is 30.9 Å². The van der Waals surface area contributed by atoms with Crippen molar-refractivity contribution in [2.45, 2.75) is 63.1 Å². The van der Waals surface area contributed by atoms with Gasteiger partial charge >= 0.3 is 6.03 Å². The molecule has 8 heteroatoms. The fourth-order valence-corrected chi connectivity index (χ4v) is 5.42. The van der Waals surface area contributed by atoms with Gasteiger partial charge in [0.25, 0.3) is 0 Å². The van der Waals surface area contributed by atoms with Crippen LogP contribution in [0.4, 0.5) is 10.5 Å². The number of rotatable bonds is 3. The van der Waals surface area contributed by atoms with Crippen LogP contribution in [0.25, 0.3) is 11.1 Å². The lowest BCUT2D eigenvalue weighted by atomic mass is 9.74. The maximum absolute atomic E-state index is 12.4. The van der Waals surface area contributed by atoms with E-state index in [1.165, 1.54) is 6.42 Å². The summed E-state index contributed by atoms with van der Waals surface area (Å²) in [5.74, 6) is 0.697. The normalized spacial score (nSPS) is 22.5. The van der Waals surface area contributed by atoms with E-state index in [1.807, 2.05) is 6.07 Å². The average Bonchev–Trinajstić information content (AvgIpc) is 3.10. The first-order valence-electron chi connectivity index (χ1n) is 10.5. The van der Waals surface area contributed by atoms with Gasteiger partial charge in [-0.2, -0.15) is 0 Å². The predicted octanol–water partition coefficient (Wildman–Crippen LogP) is 4.39. The minimum absolute atomic E-state index is 0.193. The molecule has 5 rings (SSSR count). The minimum atomic E-state index is -0.424. The number of methoxy groups -OCH3 is 1. The van der Waals surface area contributed by atoms with Crippen LogP contribution in [0, 0.1) is 0 Å². The van der Waals surface area contributed by atoms with Gasteiger partial charge in [-0.05, 0) is 31.7 Å². The third-order valence-electron chi connectivity index (χ3n) is 6.68. The van der Waals surface area contributed by atoms with E-state index in [1.54, 1.807) is 7.11 Å². The standard InChI is InChI=1S/C21H27ClN4O3/c1-28-13-5-9-26(10-6-13)12-16-23-15-11-14(22)18-17(19(15)29-16)21(25-20(27)24-18)7-3-2-4-8-21/h11,13H,2-10,12H2,1H3,(H2,24,25,27). The number of hydrogen-bond acceptors (Lipinski definition) is 5. The Hall–Kier alpha value is -1.83. The van der Waals surface area contributed by atoms with Crippen molar-refractivity contribution in [3.63, 3.8) is 0 Å². The molecule has 3 heterocycles. The van der Waals surface area contributed by atoms with Crippen LogP contribution in [0.5, 0.6) is 0 Å². The molecule has 7 nitrogen and oxygen atoms in total. The van der Waals surface area contributed by atoms with E-state index >= 15 is 0 Å². The van der Waals surface area contributed by atoms with Crippen LogP contribution in [0.2, 0.25) is 5.02 Å². The fraction of sp³-hybridized carbons (Fsp3) is 0.619. The number of amides is 2. The van der Waals surface area contributed by atoms with Crippen LogP contribution < -0.4 is 10.6 Å². The number of anilines is 1. The molecule has 2 fully saturated rings. The molecule has 1 aromatic heterocycles. The number of hydrogen-bond donors (Lipinski definition) is 2. The fourth-order valence-electron chi connectivity index (χ4n) is 5.18. The van der Waals surface area contributed by atoms with Gasteiger partial charge in [-0.15, -0.1) is 0 Å². The van der Waals surface area contributed by atoms with E-state index in [9.17, 15) is 4.79 Å². The Balaban J connectivity index is 1.52. The Bertz CT molecular complexity index is 930. The molecule has 2 aromatic rings. The van der Waals surface area contributed by atoms with E-state index in [-0.39, 0.29) is 6.03 Å². The smallest absolute Gasteiger partial charge is 0.319 e. The molecule has 0 atom stereocenters. The lowest BCUT2D eigenvalue weighted by Gasteiger charge is -2.42. The van der Waals surface area contributed by atoms with Crippen LogP contribution in [0.1, 0.15) is 56.4 Å². The number of aromatic nitrogens is 1. The van der Waals surface area contributed by atoms with Crippen molar-refractivity contribution in [2.24, 2.45) is 0 Å². The molecule has 3 aliphatic rings. The van der Waals surface area contributed by atoms with Crippen molar-refractivity contribution >= 4 is 34.4 Å². The number of fused-ring (bicyclic) bond motifs is 4. The Morgan fingerprint density at radius 1 is 1.31 bits per heavy atom. The van der Waals surface area contributed by atoms with Crippen molar-refractivity contribution < 1.29 is 13.9 Å². The monoisotopic (exact) mass is 418 g/mol. The number of carbonyl (C=O) groups excluding carboxylic acids is 1. The summed E-state index contributed by atoms with van der Waals surface area (Å²) >= 11 is 6.57. The summed E-state index contributed by atoms with van der Waals surface area (Å²) in [6, 6.07) is 1.61. The zero-order chi connectivity index (χ0) is 20.0. The van der Waals surface area contributed by atoms with Crippen molar-refractivity contribution in [3.05, 3.63) is 22.5 Å². The van der Waals surface area contributed by atoms with Gasteiger partial charge in [0.1, 0.15) is 5.52 Å². The quantitative estimate of drug-likeness (QED) is 0.772. The molecule has 0 unspecified atom stereocenters. The molecule has 0 bridgehead atoms. The highest BCUT2D eigenvalue weighted by Crippen LogP contribution is 2.48. The highest BCUT2D eigenvalue weighted by molar-refractivity contribution is 6.35. The van der Waals surface area contributed by atoms with E-state index in [0.29, 0.717) is 29.2 Å². The lowest BCUT2D eigenvalue weighted by Crippen LogP contribution is -2.52. The Labute approximate surface area is 175 Å². The van der Waals surface area contributed by atoms with Crippen molar-refractivity contribution in [3.8, 4) is 0 Å². The molecule has 0 radical (unpaired) electrons. The van der Waals surface area contributed by atoms with Gasteiger partial charge < -0.3 is 19.8 Å². The number of nitrogens with one attached hydrogen (secondary N) is 2. The number of urea groups is 1. The maximum Gasteiger partial charge on any atom is 0.319 e. The largest absolute Gasteiger partial charge is 0.439 e. The number of piperidine rings is 1. The van der Waals surface area contributed by atoms with Gasteiger partial charge in [0.15, 0.2) is 5.58 Å². The number of benzene rings is 1. The molecule has 2 amide bonds. The molecule has 1 aromatic carbocycles. The first-order valence-corrected chi connectivity index (χ1v) is 10.9. The summed E-state index contributed by atoms with van der Waals surface area (Å²) < 4.78 is 11.8. The molecule has 156 valence electrons. The molecule has 29 heavy (non-hydrogen) atoms. The number of likely N-dealkylation sites (tertiary alicyclic amines) is 1. The van der Waals surface area contributed by atoms with E-state index in [0.717, 1.165) is 68.3 Å². The van der Waals surface area contributed by atoms with Crippen LogP contribution >= 0.6 is 11.6 Å². The van der Waals surface area contributed by atoms with E-state index < -0.39 is 5.54 Å². The number of halogens is 1. The van der Waals surface area contributed by atoms with E-state index in [2.05, 4.69) is 15.5 Å². The van der Waals surface area contributed by atoms with Gasteiger partial charge in [0.05, 0.1) is 28.9 Å². The number of carbonyl (C=O) groups is 1. The molecule has 1 saturated carbocycles. The molecule has 2 N–H and O–H groups in total. The summed E-state index contributed by atoms with van der Waals surface area (Å²) in [5, 5.41) is 6.61. The van der Waals surface area contributed by atoms with Crippen LogP contribution in [-0.2, 0) is 16.8 Å². The summed E-state index contributed by atoms with van der Waals surface area (Å²) in [6.45, 7) is 2.61. The Morgan fingerprint density at radius 2 is 2.07 bits per heavy atom. The van der Waals surface area contributed by atoms with Gasteiger partial charge in [-0.25, -0.2) is 9.78 Å². The third kappa shape index (κ3) is 3.39. The third-order valence-corrected chi connectivity index (χ3v) is 6.98. The first-order chi connectivity index (χ1) is 14.1. The first kappa shape index (κ1) is 19.2. The van der Waals surface area contributed by atoms with Crippen molar-refractivity contribution in [1.82, 2.24) is 15.2 Å². The summed E-state index contributed by atoms with van der Waals surface area (Å²) in [6.07, 6.45) is 7.51. The SMILES string of the molecule is COC1CCN(Cc2nc3cc(Cl)c4c(c3o2)C2(CCCCC2)NC(=O)N4)CC1. The molecule has 1 aliphatic carbocycles. The summed E-state index contributed by atoms with van der Waals surface area (Å²) in [4.78, 5) is 19.5. The Morgan fingerprint density at radius 3 is 2.79 bits per heavy atom. The Kier molecular flexibility index (Phi) is 4.92. The second kappa shape index (κ2) is 7.45. The zero-order valence-corrected chi connectivity index (χ0v) is 17.5. The zero-order valence-electron chi connectivity index (χ0n) is 16.7. The topological polar surface area (TPSA) is 79.6 Å². The second-order valence-corrected chi connectivity index (χ2v) is 8.90. The number of oxazole rings is 1.